The number of benzene rings is 1. The van der Waals surface area contributed by atoms with Crippen molar-refractivity contribution >= 4 is 17.5 Å². The van der Waals surface area contributed by atoms with E-state index in [9.17, 15) is 9.18 Å². The number of nitrogens with one attached hydrogen (secondary N) is 1. The van der Waals surface area contributed by atoms with Crippen molar-refractivity contribution in [3.63, 3.8) is 0 Å². The molecule has 128 valence electrons. The molecule has 1 aliphatic heterocycles. The standard InChI is InChI=1S/C17H20ClFN4O/c1-22(11-12-4-5-13(19)9-15(12)18)17(24)16-6-8-23(21-16)14-3-2-7-20-10-14/h4-6,8-9,14,20H,2-3,7,10-11H2,1H3. The Bertz CT molecular complexity index is 727. The summed E-state index contributed by atoms with van der Waals surface area (Å²) in [4.78, 5) is 14.1. The number of hydrogen-bond donors (Lipinski definition) is 1. The van der Waals surface area contributed by atoms with E-state index >= 15 is 0 Å². The average molecular weight is 351 g/mol. The maximum absolute atomic E-state index is 13.1. The minimum atomic E-state index is -0.391. The van der Waals surface area contributed by atoms with Gasteiger partial charge in [-0.05, 0) is 43.1 Å². The van der Waals surface area contributed by atoms with Crippen LogP contribution in [0.5, 0.6) is 0 Å². The molecule has 0 spiro atoms. The predicted molar refractivity (Wildman–Crippen MR) is 90.6 cm³/mol. The normalized spacial score (nSPS) is 17.7. The van der Waals surface area contributed by atoms with E-state index in [0.717, 1.165) is 25.9 Å². The Morgan fingerprint density at radius 1 is 1.50 bits per heavy atom. The Morgan fingerprint density at radius 3 is 3.04 bits per heavy atom. The smallest absolute Gasteiger partial charge is 0.274 e. The molecule has 5 nitrogen and oxygen atoms in total. The van der Waals surface area contributed by atoms with Gasteiger partial charge < -0.3 is 10.2 Å². The van der Waals surface area contributed by atoms with Crippen LogP contribution in [-0.2, 0) is 6.54 Å². The van der Waals surface area contributed by atoms with Crippen molar-refractivity contribution in [1.82, 2.24) is 20.0 Å². The lowest BCUT2D eigenvalue weighted by atomic mass is 10.1. The summed E-state index contributed by atoms with van der Waals surface area (Å²) in [6.07, 6.45) is 4.02. The Balaban J connectivity index is 1.68. The van der Waals surface area contributed by atoms with Gasteiger partial charge in [-0.1, -0.05) is 17.7 Å². The molecule has 3 rings (SSSR count). The van der Waals surface area contributed by atoms with Crippen molar-refractivity contribution in [2.45, 2.75) is 25.4 Å². The number of nitrogens with zero attached hydrogens (tertiary/aromatic N) is 3. The van der Waals surface area contributed by atoms with Crippen LogP contribution in [-0.4, -0.2) is 40.7 Å². The second kappa shape index (κ2) is 7.32. The second-order valence-electron chi connectivity index (χ2n) is 6.08. The number of amides is 1. The van der Waals surface area contributed by atoms with E-state index < -0.39 is 5.82 Å². The molecule has 1 saturated heterocycles. The van der Waals surface area contributed by atoms with Crippen molar-refractivity contribution in [2.75, 3.05) is 20.1 Å². The summed E-state index contributed by atoms with van der Waals surface area (Å²) in [5.74, 6) is -0.574. The summed E-state index contributed by atoms with van der Waals surface area (Å²) >= 11 is 6.03. The van der Waals surface area contributed by atoms with Crippen molar-refractivity contribution < 1.29 is 9.18 Å². The fourth-order valence-electron chi connectivity index (χ4n) is 2.89. The van der Waals surface area contributed by atoms with E-state index in [2.05, 4.69) is 10.4 Å². The lowest BCUT2D eigenvalue weighted by Gasteiger charge is -2.23. The molecule has 2 aromatic rings. The zero-order valence-electron chi connectivity index (χ0n) is 13.5. The zero-order valence-corrected chi connectivity index (χ0v) is 14.3. The number of carbonyl (C=O) groups is 1. The van der Waals surface area contributed by atoms with Crippen molar-refractivity contribution in [1.29, 1.82) is 0 Å². The molecule has 24 heavy (non-hydrogen) atoms. The van der Waals surface area contributed by atoms with Crippen LogP contribution in [0.15, 0.2) is 30.5 Å². The summed E-state index contributed by atoms with van der Waals surface area (Å²) in [6.45, 7) is 2.21. The highest BCUT2D eigenvalue weighted by molar-refractivity contribution is 6.31. The zero-order chi connectivity index (χ0) is 17.1. The van der Waals surface area contributed by atoms with Crippen LogP contribution in [0.2, 0.25) is 5.02 Å². The van der Waals surface area contributed by atoms with E-state index in [0.29, 0.717) is 22.8 Å². The van der Waals surface area contributed by atoms with E-state index in [1.165, 1.54) is 17.0 Å². The van der Waals surface area contributed by atoms with E-state index in [4.69, 9.17) is 11.6 Å². The van der Waals surface area contributed by atoms with Crippen LogP contribution in [0.4, 0.5) is 4.39 Å². The van der Waals surface area contributed by atoms with Gasteiger partial charge in [-0.25, -0.2) is 4.39 Å². The van der Waals surface area contributed by atoms with Gasteiger partial charge in [0.25, 0.3) is 5.91 Å². The number of aromatic nitrogens is 2. The Labute approximate surface area is 145 Å². The first kappa shape index (κ1) is 16.9. The van der Waals surface area contributed by atoms with Crippen LogP contribution < -0.4 is 5.32 Å². The molecule has 1 atom stereocenters. The van der Waals surface area contributed by atoms with Crippen LogP contribution >= 0.6 is 11.6 Å². The Morgan fingerprint density at radius 2 is 2.33 bits per heavy atom. The third-order valence-electron chi connectivity index (χ3n) is 4.24. The molecular formula is C17H20ClFN4O. The van der Waals surface area contributed by atoms with Crippen LogP contribution in [0.1, 0.15) is 34.9 Å². The monoisotopic (exact) mass is 350 g/mol. The number of rotatable bonds is 4. The molecule has 0 radical (unpaired) electrons. The fraction of sp³-hybridized carbons (Fsp3) is 0.412. The average Bonchev–Trinajstić information content (AvgIpc) is 3.07. The summed E-state index contributed by atoms with van der Waals surface area (Å²) in [7, 11) is 1.68. The highest BCUT2D eigenvalue weighted by Gasteiger charge is 2.20. The molecule has 7 heteroatoms. The largest absolute Gasteiger partial charge is 0.336 e. The summed E-state index contributed by atoms with van der Waals surface area (Å²) < 4.78 is 15.0. The third-order valence-corrected chi connectivity index (χ3v) is 4.59. The van der Waals surface area contributed by atoms with Crippen LogP contribution in [0.25, 0.3) is 0 Å². The van der Waals surface area contributed by atoms with Gasteiger partial charge in [-0.3, -0.25) is 9.48 Å². The summed E-state index contributed by atoms with van der Waals surface area (Å²) in [5.41, 5.74) is 1.10. The Hall–Kier alpha value is -1.92. The number of hydrogen-bond acceptors (Lipinski definition) is 3. The van der Waals surface area contributed by atoms with Gasteiger partial charge in [0.2, 0.25) is 0 Å². The van der Waals surface area contributed by atoms with Gasteiger partial charge in [0.05, 0.1) is 6.04 Å². The third kappa shape index (κ3) is 3.76. The van der Waals surface area contributed by atoms with Gasteiger partial charge >= 0.3 is 0 Å². The highest BCUT2D eigenvalue weighted by atomic mass is 35.5. The second-order valence-corrected chi connectivity index (χ2v) is 6.49. The predicted octanol–water partition coefficient (Wildman–Crippen LogP) is 2.87. The van der Waals surface area contributed by atoms with E-state index in [1.807, 2.05) is 10.9 Å². The van der Waals surface area contributed by atoms with Gasteiger partial charge in [0, 0.05) is 31.4 Å². The molecule has 2 heterocycles. The lowest BCUT2D eigenvalue weighted by molar-refractivity contribution is 0.0778. The molecule has 1 aromatic heterocycles. The van der Waals surface area contributed by atoms with Gasteiger partial charge in [-0.15, -0.1) is 0 Å². The molecule has 1 N–H and O–H groups in total. The van der Waals surface area contributed by atoms with Crippen molar-refractivity contribution in [3.8, 4) is 0 Å². The SMILES string of the molecule is CN(Cc1ccc(F)cc1Cl)C(=O)c1ccn(C2CCCNC2)n1. The van der Waals surface area contributed by atoms with Crippen LogP contribution in [0.3, 0.4) is 0 Å². The quantitative estimate of drug-likeness (QED) is 0.922. The van der Waals surface area contributed by atoms with Gasteiger partial charge in [-0.2, -0.15) is 5.10 Å². The first-order valence-electron chi connectivity index (χ1n) is 8.00. The summed E-state index contributed by atoms with van der Waals surface area (Å²) in [5, 5.41) is 8.08. The van der Waals surface area contributed by atoms with E-state index in [-0.39, 0.29) is 11.9 Å². The lowest BCUT2D eigenvalue weighted by Crippen LogP contribution is -2.32. The van der Waals surface area contributed by atoms with Crippen molar-refractivity contribution in [2.24, 2.45) is 0 Å². The number of carbonyl (C=O) groups excluding carboxylic acids is 1. The topological polar surface area (TPSA) is 50.2 Å². The molecule has 1 fully saturated rings. The molecular weight excluding hydrogens is 331 g/mol. The first-order valence-corrected chi connectivity index (χ1v) is 8.37. The first-order chi connectivity index (χ1) is 11.5. The Kier molecular flexibility index (Phi) is 5.16. The minimum Gasteiger partial charge on any atom is -0.336 e. The number of piperidine rings is 1. The van der Waals surface area contributed by atoms with Crippen molar-refractivity contribution in [3.05, 3.63) is 52.6 Å². The highest BCUT2D eigenvalue weighted by Crippen LogP contribution is 2.20. The molecule has 0 bridgehead atoms. The van der Waals surface area contributed by atoms with Gasteiger partial charge in [0.15, 0.2) is 0 Å². The van der Waals surface area contributed by atoms with E-state index in [1.54, 1.807) is 19.2 Å². The fourth-order valence-corrected chi connectivity index (χ4v) is 3.11. The molecule has 0 aliphatic carbocycles. The minimum absolute atomic E-state index is 0.182. The maximum Gasteiger partial charge on any atom is 0.274 e. The number of halogens is 2. The maximum atomic E-state index is 13.1. The van der Waals surface area contributed by atoms with Crippen LogP contribution in [0, 0.1) is 5.82 Å². The molecule has 1 amide bonds. The molecule has 1 unspecified atom stereocenters. The summed E-state index contributed by atoms with van der Waals surface area (Å²) in [6, 6.07) is 6.20. The molecule has 0 saturated carbocycles. The molecule has 1 aliphatic rings. The van der Waals surface area contributed by atoms with Gasteiger partial charge in [0.1, 0.15) is 11.5 Å². The molecule has 1 aromatic carbocycles.